The van der Waals surface area contributed by atoms with Gasteiger partial charge in [-0.2, -0.15) is 0 Å². The highest BCUT2D eigenvalue weighted by Crippen LogP contribution is 2.30. The van der Waals surface area contributed by atoms with Crippen molar-refractivity contribution in [2.45, 2.75) is 12.5 Å². The Morgan fingerprint density at radius 3 is 2.67 bits per heavy atom. The molecule has 2 aromatic heterocycles. The highest BCUT2D eigenvalue weighted by atomic mass is 16.5. The maximum atomic E-state index is 12.8. The van der Waals surface area contributed by atoms with Crippen LogP contribution in [-0.2, 0) is 0 Å². The summed E-state index contributed by atoms with van der Waals surface area (Å²) in [6, 6.07) is 14.3. The molecule has 4 aromatic rings. The molecule has 0 bridgehead atoms. The summed E-state index contributed by atoms with van der Waals surface area (Å²) in [5.74, 6) is 1.61. The van der Waals surface area contributed by atoms with Crippen LogP contribution < -0.4 is 9.64 Å². The molecule has 0 aliphatic carbocycles. The third-order valence-electron chi connectivity index (χ3n) is 5.04. The van der Waals surface area contributed by atoms with E-state index in [4.69, 9.17) is 4.74 Å². The van der Waals surface area contributed by atoms with Gasteiger partial charge < -0.3 is 19.7 Å². The summed E-state index contributed by atoms with van der Waals surface area (Å²) in [6.45, 7) is 1.20. The lowest BCUT2D eigenvalue weighted by Gasteiger charge is -2.18. The maximum absolute atomic E-state index is 12.8. The number of anilines is 1. The molecule has 1 saturated heterocycles. The number of hydrogen-bond donors (Lipinski definition) is 2. The Kier molecular flexibility index (Phi) is 4.61. The van der Waals surface area contributed by atoms with Crippen molar-refractivity contribution in [3.63, 3.8) is 0 Å². The second kappa shape index (κ2) is 7.57. The monoisotopic (exact) mass is 401 g/mol. The van der Waals surface area contributed by atoms with Crippen LogP contribution in [0.3, 0.4) is 0 Å². The summed E-state index contributed by atoms with van der Waals surface area (Å²) < 4.78 is 5.91. The predicted octanol–water partition coefficient (Wildman–Crippen LogP) is 2.95. The summed E-state index contributed by atoms with van der Waals surface area (Å²) in [4.78, 5) is 30.8. The fourth-order valence-electron chi connectivity index (χ4n) is 3.52. The molecule has 0 spiro atoms. The largest absolute Gasteiger partial charge is 0.436 e. The topological polar surface area (TPSA) is 104 Å². The molecule has 1 fully saturated rings. The van der Waals surface area contributed by atoms with E-state index in [0.29, 0.717) is 48.3 Å². The van der Waals surface area contributed by atoms with Gasteiger partial charge in [-0.15, -0.1) is 0 Å². The molecule has 0 saturated carbocycles. The van der Waals surface area contributed by atoms with Crippen molar-refractivity contribution in [1.82, 2.24) is 19.9 Å². The number of hydrogen-bond acceptors (Lipinski definition) is 7. The van der Waals surface area contributed by atoms with Gasteiger partial charge >= 0.3 is 0 Å². The minimum atomic E-state index is -0.372. The van der Waals surface area contributed by atoms with Crippen molar-refractivity contribution < 1.29 is 14.6 Å². The van der Waals surface area contributed by atoms with Gasteiger partial charge in [0.1, 0.15) is 5.75 Å². The normalized spacial score (nSPS) is 16.2. The van der Waals surface area contributed by atoms with Crippen molar-refractivity contribution in [2.24, 2.45) is 0 Å². The quantitative estimate of drug-likeness (QED) is 0.496. The molecule has 1 aliphatic heterocycles. The first kappa shape index (κ1) is 18.3. The molecule has 8 nitrogen and oxygen atoms in total. The minimum Gasteiger partial charge on any atom is -0.436 e. The van der Waals surface area contributed by atoms with Crippen molar-refractivity contribution in [1.29, 1.82) is 0 Å². The second-order valence-electron chi connectivity index (χ2n) is 7.13. The van der Waals surface area contributed by atoms with Gasteiger partial charge in [0.2, 0.25) is 5.78 Å². The van der Waals surface area contributed by atoms with Gasteiger partial charge in [-0.25, -0.2) is 15.0 Å². The average Bonchev–Trinajstić information content (AvgIpc) is 3.40. The number of nitrogens with one attached hydrogen (secondary N) is 1. The third-order valence-corrected chi connectivity index (χ3v) is 5.04. The number of nitrogens with zero attached hydrogens (tertiary/aromatic N) is 4. The van der Waals surface area contributed by atoms with E-state index >= 15 is 0 Å². The Balaban J connectivity index is 1.35. The lowest BCUT2D eigenvalue weighted by molar-refractivity contribution is 0.103. The zero-order chi connectivity index (χ0) is 20.5. The number of rotatable bonds is 5. The Morgan fingerprint density at radius 1 is 1.10 bits per heavy atom. The van der Waals surface area contributed by atoms with E-state index < -0.39 is 0 Å². The summed E-state index contributed by atoms with van der Waals surface area (Å²) in [5, 5.41) is 9.79. The Bertz CT molecular complexity index is 1170. The molecule has 30 heavy (non-hydrogen) atoms. The lowest BCUT2D eigenvalue weighted by atomic mass is 10.1. The summed E-state index contributed by atoms with van der Waals surface area (Å²) in [7, 11) is 0. The highest BCUT2D eigenvalue weighted by molar-refractivity contribution is 6.08. The van der Waals surface area contributed by atoms with Crippen LogP contribution in [0.25, 0.3) is 11.0 Å². The maximum Gasteiger partial charge on any atom is 0.263 e. The number of carbonyl (C=O) groups excluding carboxylic acids is 1. The number of ketones is 1. The van der Waals surface area contributed by atoms with Crippen molar-refractivity contribution >= 4 is 22.6 Å². The van der Waals surface area contributed by atoms with Gasteiger partial charge in [-0.1, -0.05) is 12.1 Å². The third kappa shape index (κ3) is 3.48. The molecule has 3 heterocycles. The SMILES string of the molecule is O=C(c1ccc(Oc2nccnc2N2CC[C@H](O)C2)cc1)c1nc2ccccc2[nH]1. The number of aliphatic hydroxyl groups excluding tert-OH is 1. The van der Waals surface area contributed by atoms with Crippen LogP contribution in [0, 0.1) is 0 Å². The fourth-order valence-corrected chi connectivity index (χ4v) is 3.52. The smallest absolute Gasteiger partial charge is 0.263 e. The minimum absolute atomic E-state index is 0.191. The molecule has 2 N–H and O–H groups in total. The summed E-state index contributed by atoms with van der Waals surface area (Å²) >= 11 is 0. The molecule has 0 unspecified atom stereocenters. The second-order valence-corrected chi connectivity index (χ2v) is 7.13. The van der Waals surface area contributed by atoms with E-state index in [1.165, 1.54) is 0 Å². The van der Waals surface area contributed by atoms with Gasteiger partial charge in [-0.05, 0) is 42.8 Å². The standard InChI is InChI=1S/C22H19N5O3/c28-15-9-12-27(13-15)21-22(24-11-10-23-21)30-16-7-5-14(6-8-16)19(29)20-25-17-3-1-2-4-18(17)26-20/h1-8,10-11,15,28H,9,12-13H2,(H,25,26)/t15-/m0/s1. The zero-order valence-electron chi connectivity index (χ0n) is 16.0. The zero-order valence-corrected chi connectivity index (χ0v) is 16.0. The van der Waals surface area contributed by atoms with E-state index in [9.17, 15) is 9.90 Å². The Hall–Kier alpha value is -3.78. The molecule has 0 amide bonds. The van der Waals surface area contributed by atoms with Crippen LogP contribution >= 0.6 is 0 Å². The average molecular weight is 401 g/mol. The van der Waals surface area contributed by atoms with Gasteiger partial charge in [0.25, 0.3) is 5.88 Å². The van der Waals surface area contributed by atoms with E-state index in [1.54, 1.807) is 36.7 Å². The van der Waals surface area contributed by atoms with Crippen LogP contribution in [0.1, 0.15) is 22.6 Å². The molecule has 150 valence electrons. The number of aliphatic hydroxyl groups is 1. The highest BCUT2D eigenvalue weighted by Gasteiger charge is 2.25. The van der Waals surface area contributed by atoms with Gasteiger partial charge in [0, 0.05) is 31.0 Å². The molecular weight excluding hydrogens is 382 g/mol. The number of imidazole rings is 1. The Morgan fingerprint density at radius 2 is 1.90 bits per heavy atom. The number of fused-ring (bicyclic) bond motifs is 1. The Labute approximate surface area is 172 Å². The number of β-amino-alcohol motifs (C(OH)–C–C–N with tert-alkyl or cyclic N) is 1. The molecule has 5 rings (SSSR count). The molecule has 2 aromatic carbocycles. The number of carbonyl (C=O) groups is 1. The van der Waals surface area contributed by atoms with Crippen LogP contribution in [0.5, 0.6) is 11.6 Å². The number of benzene rings is 2. The number of aromatic amines is 1. The summed E-state index contributed by atoms with van der Waals surface area (Å²) in [5.41, 5.74) is 2.08. The number of aromatic nitrogens is 4. The molecular formula is C22H19N5O3. The van der Waals surface area contributed by atoms with E-state index in [0.717, 1.165) is 11.0 Å². The molecule has 8 heteroatoms. The first-order chi connectivity index (χ1) is 14.7. The first-order valence-electron chi connectivity index (χ1n) is 9.69. The van der Waals surface area contributed by atoms with E-state index in [2.05, 4.69) is 19.9 Å². The van der Waals surface area contributed by atoms with Crippen molar-refractivity contribution in [3.8, 4) is 11.6 Å². The molecule has 1 atom stereocenters. The lowest BCUT2D eigenvalue weighted by Crippen LogP contribution is -2.23. The number of ether oxygens (including phenoxy) is 1. The first-order valence-corrected chi connectivity index (χ1v) is 9.69. The van der Waals surface area contributed by atoms with Crippen LogP contribution in [0.15, 0.2) is 60.9 Å². The fraction of sp³-hybridized carbons (Fsp3) is 0.182. The van der Waals surface area contributed by atoms with Crippen LogP contribution in [0.2, 0.25) is 0 Å². The molecule has 1 aliphatic rings. The van der Waals surface area contributed by atoms with Crippen molar-refractivity contribution in [2.75, 3.05) is 18.0 Å². The van der Waals surface area contributed by atoms with Gasteiger partial charge in [0.15, 0.2) is 11.6 Å². The van der Waals surface area contributed by atoms with Gasteiger partial charge in [-0.3, -0.25) is 4.79 Å². The number of H-pyrrole nitrogens is 1. The predicted molar refractivity (Wildman–Crippen MR) is 111 cm³/mol. The van der Waals surface area contributed by atoms with E-state index in [1.807, 2.05) is 29.2 Å². The van der Waals surface area contributed by atoms with Gasteiger partial charge in [0.05, 0.1) is 17.1 Å². The molecule has 0 radical (unpaired) electrons. The van der Waals surface area contributed by atoms with E-state index in [-0.39, 0.29) is 11.9 Å². The van der Waals surface area contributed by atoms with Crippen LogP contribution in [0.4, 0.5) is 5.82 Å². The van der Waals surface area contributed by atoms with Crippen molar-refractivity contribution in [3.05, 3.63) is 72.3 Å². The summed E-state index contributed by atoms with van der Waals surface area (Å²) in [6.07, 6.45) is 3.48. The van der Waals surface area contributed by atoms with Crippen LogP contribution in [-0.4, -0.2) is 50.0 Å². The number of para-hydroxylation sites is 2.